The number of phenols is 1. The average Bonchev–Trinajstić information content (AvgIpc) is 2.96. The predicted molar refractivity (Wildman–Crippen MR) is 99.2 cm³/mol. The number of carbonyl (C=O) groups is 1. The smallest absolute Gasteiger partial charge is 0.508 e. The van der Waals surface area contributed by atoms with Crippen LogP contribution in [0.4, 0.5) is 4.79 Å². The molecule has 4 heteroatoms. The van der Waals surface area contributed by atoms with Gasteiger partial charge in [-0.05, 0) is 79.0 Å². The van der Waals surface area contributed by atoms with Crippen molar-refractivity contribution in [1.82, 2.24) is 0 Å². The van der Waals surface area contributed by atoms with Crippen LogP contribution in [0, 0.1) is 23.2 Å². The second kappa shape index (κ2) is 6.47. The number of benzene rings is 1. The van der Waals surface area contributed by atoms with Crippen LogP contribution in [0.3, 0.4) is 0 Å². The molecule has 1 aromatic rings. The van der Waals surface area contributed by atoms with Gasteiger partial charge in [-0.2, -0.15) is 0 Å². The molecule has 0 radical (unpaired) electrons. The van der Waals surface area contributed by atoms with Crippen LogP contribution in [0.1, 0.15) is 63.0 Å². The minimum atomic E-state index is -0.546. The maximum Gasteiger partial charge on any atom is 0.508 e. The zero-order chi connectivity index (χ0) is 18.5. The number of aromatic hydroxyl groups is 1. The normalized spacial score (nSPS) is 38.0. The van der Waals surface area contributed by atoms with Crippen LogP contribution in [0.25, 0.3) is 0 Å². The Hall–Kier alpha value is -1.71. The summed E-state index contributed by atoms with van der Waals surface area (Å²) in [6, 6.07) is 5.96. The molecule has 4 rings (SSSR count). The molecular formula is C22H30O4. The molecule has 0 heterocycles. The molecule has 142 valence electrons. The number of hydrogen-bond acceptors (Lipinski definition) is 4. The summed E-state index contributed by atoms with van der Waals surface area (Å²) in [6.45, 7) is 4.62. The van der Waals surface area contributed by atoms with E-state index in [0.29, 0.717) is 29.4 Å². The van der Waals surface area contributed by atoms with E-state index < -0.39 is 6.16 Å². The third-order valence-corrected chi connectivity index (χ3v) is 7.73. The quantitative estimate of drug-likeness (QED) is 0.753. The summed E-state index contributed by atoms with van der Waals surface area (Å²) in [5, 5.41) is 9.92. The first-order valence-corrected chi connectivity index (χ1v) is 10.0. The topological polar surface area (TPSA) is 55.8 Å². The zero-order valence-corrected chi connectivity index (χ0v) is 16.0. The van der Waals surface area contributed by atoms with Crippen LogP contribution in [0.15, 0.2) is 18.2 Å². The number of hydrogen-bond donors (Lipinski definition) is 1. The number of phenolic OH excluding ortho intramolecular Hbond substituents is 1. The maximum absolute atomic E-state index is 11.7. The van der Waals surface area contributed by atoms with Gasteiger partial charge < -0.3 is 14.6 Å². The minimum Gasteiger partial charge on any atom is -0.508 e. The molecule has 2 saturated carbocycles. The van der Waals surface area contributed by atoms with Gasteiger partial charge in [-0.1, -0.05) is 26.3 Å². The van der Waals surface area contributed by atoms with E-state index in [4.69, 9.17) is 9.47 Å². The Balaban J connectivity index is 1.67. The van der Waals surface area contributed by atoms with Crippen LogP contribution in [-0.2, 0) is 15.9 Å². The SMILES string of the molecule is CCC1Cc2cc(O)ccc2C2CCC3(C)C(OC(=O)OC)CCC3C12. The molecule has 0 amide bonds. The molecule has 0 bridgehead atoms. The van der Waals surface area contributed by atoms with Crippen LogP contribution in [-0.4, -0.2) is 24.5 Å². The van der Waals surface area contributed by atoms with Gasteiger partial charge in [0.15, 0.2) is 0 Å². The number of methoxy groups -OCH3 is 1. The lowest BCUT2D eigenvalue weighted by atomic mass is 9.52. The molecular weight excluding hydrogens is 328 g/mol. The first kappa shape index (κ1) is 17.7. The Morgan fingerprint density at radius 2 is 2.12 bits per heavy atom. The highest BCUT2D eigenvalue weighted by atomic mass is 16.7. The summed E-state index contributed by atoms with van der Waals surface area (Å²) < 4.78 is 10.4. The van der Waals surface area contributed by atoms with Crippen molar-refractivity contribution in [2.45, 2.75) is 64.4 Å². The van der Waals surface area contributed by atoms with E-state index in [0.717, 1.165) is 38.5 Å². The molecule has 6 atom stereocenters. The summed E-state index contributed by atoms with van der Waals surface area (Å²) in [6.07, 6.45) is 5.92. The average molecular weight is 358 g/mol. The van der Waals surface area contributed by atoms with E-state index in [2.05, 4.69) is 19.9 Å². The van der Waals surface area contributed by atoms with Gasteiger partial charge in [0.2, 0.25) is 0 Å². The monoisotopic (exact) mass is 358 g/mol. The zero-order valence-electron chi connectivity index (χ0n) is 16.0. The molecule has 4 nitrogen and oxygen atoms in total. The third kappa shape index (κ3) is 2.60. The highest BCUT2D eigenvalue weighted by molar-refractivity contribution is 5.60. The summed E-state index contributed by atoms with van der Waals surface area (Å²) in [5.74, 6) is 2.81. The largest absolute Gasteiger partial charge is 0.508 e. The molecule has 6 unspecified atom stereocenters. The molecule has 26 heavy (non-hydrogen) atoms. The van der Waals surface area contributed by atoms with E-state index in [-0.39, 0.29) is 11.5 Å². The molecule has 3 aliphatic carbocycles. The Morgan fingerprint density at radius 3 is 2.85 bits per heavy atom. The lowest BCUT2D eigenvalue weighted by Gasteiger charge is -2.53. The van der Waals surface area contributed by atoms with Crippen molar-refractivity contribution in [2.75, 3.05) is 7.11 Å². The maximum atomic E-state index is 11.7. The third-order valence-electron chi connectivity index (χ3n) is 7.73. The Morgan fingerprint density at radius 1 is 1.31 bits per heavy atom. The molecule has 1 aromatic carbocycles. The van der Waals surface area contributed by atoms with Crippen LogP contribution in [0.2, 0.25) is 0 Å². The highest BCUT2D eigenvalue weighted by Gasteiger charge is 2.58. The molecule has 0 spiro atoms. The first-order valence-electron chi connectivity index (χ1n) is 10.0. The van der Waals surface area contributed by atoms with Gasteiger partial charge in [0.05, 0.1) is 7.11 Å². The molecule has 1 N–H and O–H groups in total. The number of fused-ring (bicyclic) bond motifs is 5. The van der Waals surface area contributed by atoms with Crippen molar-refractivity contribution >= 4 is 6.16 Å². The lowest BCUT2D eigenvalue weighted by molar-refractivity contribution is -0.0599. The fourth-order valence-corrected chi connectivity index (χ4v) is 6.49. The minimum absolute atomic E-state index is 0.0281. The Bertz CT molecular complexity index is 699. The standard InChI is InChI=1S/C22H30O4/c1-4-13-11-14-12-15(23)5-6-16(14)17-9-10-22(2)18(20(13)17)7-8-19(22)26-21(24)25-3/h5-6,12-13,17-20,23H,4,7-11H2,1-3H3. The van der Waals surface area contributed by atoms with Gasteiger partial charge in [0.25, 0.3) is 0 Å². The lowest BCUT2D eigenvalue weighted by Crippen LogP contribution is -2.48. The van der Waals surface area contributed by atoms with Gasteiger partial charge in [0.1, 0.15) is 11.9 Å². The Kier molecular flexibility index (Phi) is 4.40. The summed E-state index contributed by atoms with van der Waals surface area (Å²) in [4.78, 5) is 11.7. The Labute approximate surface area is 155 Å². The van der Waals surface area contributed by atoms with Gasteiger partial charge in [-0.3, -0.25) is 0 Å². The molecule has 0 aliphatic heterocycles. The second-order valence-electron chi connectivity index (χ2n) is 8.73. The second-order valence-corrected chi connectivity index (χ2v) is 8.73. The van der Waals surface area contributed by atoms with E-state index in [1.165, 1.54) is 18.2 Å². The van der Waals surface area contributed by atoms with E-state index in [1.54, 1.807) is 0 Å². The van der Waals surface area contributed by atoms with E-state index >= 15 is 0 Å². The van der Waals surface area contributed by atoms with Crippen molar-refractivity contribution in [3.05, 3.63) is 29.3 Å². The van der Waals surface area contributed by atoms with Crippen molar-refractivity contribution in [3.8, 4) is 5.75 Å². The van der Waals surface area contributed by atoms with E-state index in [1.807, 2.05) is 12.1 Å². The summed E-state index contributed by atoms with van der Waals surface area (Å²) in [5.41, 5.74) is 2.83. The first-order chi connectivity index (χ1) is 12.5. The number of carbonyl (C=O) groups excluding carboxylic acids is 1. The fourth-order valence-electron chi connectivity index (χ4n) is 6.49. The van der Waals surface area contributed by atoms with Gasteiger partial charge >= 0.3 is 6.16 Å². The molecule has 3 aliphatic rings. The predicted octanol–water partition coefficient (Wildman–Crippen LogP) is 5.04. The van der Waals surface area contributed by atoms with Crippen molar-refractivity contribution in [3.63, 3.8) is 0 Å². The van der Waals surface area contributed by atoms with Crippen molar-refractivity contribution in [1.29, 1.82) is 0 Å². The van der Waals surface area contributed by atoms with Crippen molar-refractivity contribution < 1.29 is 19.4 Å². The molecule has 0 aromatic heterocycles. The molecule has 0 saturated heterocycles. The van der Waals surface area contributed by atoms with Crippen molar-refractivity contribution in [2.24, 2.45) is 23.2 Å². The molecule has 2 fully saturated rings. The number of ether oxygens (including phenoxy) is 2. The number of rotatable bonds is 2. The van der Waals surface area contributed by atoms with Gasteiger partial charge in [0, 0.05) is 5.41 Å². The highest BCUT2D eigenvalue weighted by Crippen LogP contribution is 2.63. The van der Waals surface area contributed by atoms with Gasteiger partial charge in [-0.25, -0.2) is 4.79 Å². The van der Waals surface area contributed by atoms with Gasteiger partial charge in [-0.15, -0.1) is 0 Å². The van der Waals surface area contributed by atoms with E-state index in [9.17, 15) is 9.90 Å². The van der Waals surface area contributed by atoms with Crippen LogP contribution < -0.4 is 0 Å². The van der Waals surface area contributed by atoms with Crippen LogP contribution >= 0.6 is 0 Å². The summed E-state index contributed by atoms with van der Waals surface area (Å²) >= 11 is 0. The summed E-state index contributed by atoms with van der Waals surface area (Å²) in [7, 11) is 1.38. The van der Waals surface area contributed by atoms with Crippen LogP contribution in [0.5, 0.6) is 5.75 Å². The fraction of sp³-hybridized carbons (Fsp3) is 0.682.